The van der Waals surface area contributed by atoms with Crippen LogP contribution in [-0.2, 0) is 0 Å². The maximum Gasteiger partial charge on any atom is 0.257 e. The molecule has 3 aromatic rings. The fourth-order valence-electron chi connectivity index (χ4n) is 2.79. The number of carbonyl (C=O) groups is 1. The number of aryl methyl sites for hydroxylation is 4. The topological polar surface area (TPSA) is 72.2 Å². The lowest BCUT2D eigenvalue weighted by Crippen LogP contribution is -2.28. The highest BCUT2D eigenvalue weighted by atomic mass is 32.1. The van der Waals surface area contributed by atoms with Gasteiger partial charge in [0.15, 0.2) is 5.65 Å². The van der Waals surface area contributed by atoms with Crippen molar-refractivity contribution in [2.75, 3.05) is 0 Å². The molecule has 1 unspecified atom stereocenters. The number of thiazole rings is 1. The summed E-state index contributed by atoms with van der Waals surface area (Å²) in [7, 11) is 0. The van der Waals surface area contributed by atoms with Crippen molar-refractivity contribution < 1.29 is 4.79 Å². The summed E-state index contributed by atoms with van der Waals surface area (Å²) in [4.78, 5) is 21.9. The Morgan fingerprint density at radius 2 is 2.00 bits per heavy atom. The van der Waals surface area contributed by atoms with Crippen molar-refractivity contribution in [1.82, 2.24) is 24.9 Å². The minimum atomic E-state index is -0.153. The molecule has 1 amide bonds. The van der Waals surface area contributed by atoms with Crippen LogP contribution in [0, 0.1) is 27.7 Å². The van der Waals surface area contributed by atoms with Gasteiger partial charge in [-0.25, -0.2) is 14.5 Å². The van der Waals surface area contributed by atoms with Crippen LogP contribution in [0.4, 0.5) is 0 Å². The van der Waals surface area contributed by atoms with E-state index in [-0.39, 0.29) is 11.9 Å². The van der Waals surface area contributed by atoms with Gasteiger partial charge in [-0.15, -0.1) is 11.3 Å². The first kappa shape index (κ1) is 16.6. The van der Waals surface area contributed by atoms with Crippen molar-refractivity contribution in [3.05, 3.63) is 44.8 Å². The third-order valence-corrected chi connectivity index (χ3v) is 5.02. The number of nitrogens with zero attached hydrogens (tertiary/aromatic N) is 4. The molecule has 3 heterocycles. The van der Waals surface area contributed by atoms with Gasteiger partial charge in [-0.3, -0.25) is 4.79 Å². The average Bonchev–Trinajstić information content (AvgIpc) is 3.08. The summed E-state index contributed by atoms with van der Waals surface area (Å²) in [6.07, 6.45) is 0.780. The van der Waals surface area contributed by atoms with Crippen LogP contribution in [-0.4, -0.2) is 25.5 Å². The third kappa shape index (κ3) is 2.91. The van der Waals surface area contributed by atoms with E-state index in [1.54, 1.807) is 15.9 Å². The number of hydrogen-bond acceptors (Lipinski definition) is 5. The molecule has 6 nitrogen and oxygen atoms in total. The molecule has 0 aliphatic carbocycles. The Hall–Kier alpha value is -2.28. The average molecular weight is 343 g/mol. The Balaban J connectivity index is 1.98. The van der Waals surface area contributed by atoms with Gasteiger partial charge in [-0.05, 0) is 40.2 Å². The summed E-state index contributed by atoms with van der Waals surface area (Å²) in [5.74, 6) is -0.153. The molecule has 0 saturated heterocycles. The quantitative estimate of drug-likeness (QED) is 0.789. The highest BCUT2D eigenvalue weighted by molar-refractivity contribution is 7.09. The van der Waals surface area contributed by atoms with Gasteiger partial charge >= 0.3 is 0 Å². The largest absolute Gasteiger partial charge is 0.343 e. The molecule has 3 rings (SSSR count). The lowest BCUT2D eigenvalue weighted by atomic mass is 10.2. The zero-order valence-corrected chi connectivity index (χ0v) is 15.4. The maximum absolute atomic E-state index is 12.9. The molecule has 0 aromatic carbocycles. The van der Waals surface area contributed by atoms with Gasteiger partial charge in [0.25, 0.3) is 5.91 Å². The molecule has 126 valence electrons. The van der Waals surface area contributed by atoms with Gasteiger partial charge in [0.2, 0.25) is 0 Å². The van der Waals surface area contributed by atoms with Gasteiger partial charge in [0.1, 0.15) is 10.6 Å². The molecule has 0 spiro atoms. The zero-order valence-electron chi connectivity index (χ0n) is 14.5. The van der Waals surface area contributed by atoms with Gasteiger partial charge in [0.05, 0.1) is 11.7 Å². The van der Waals surface area contributed by atoms with Crippen molar-refractivity contribution in [2.24, 2.45) is 0 Å². The Morgan fingerprint density at radius 3 is 2.62 bits per heavy atom. The lowest BCUT2D eigenvalue weighted by Gasteiger charge is -2.14. The van der Waals surface area contributed by atoms with Crippen LogP contribution in [0.3, 0.4) is 0 Å². The molecular formula is C17H21N5OS. The standard InChI is InChI=1S/C17H21N5OS/c1-6-13(17-19-10(3)8-24-17)20-16(23)14-12(5)21-22-11(4)7-9(2)18-15(14)22/h7-8,13H,6H2,1-5H3,(H,20,23). The lowest BCUT2D eigenvalue weighted by molar-refractivity contribution is 0.0936. The third-order valence-electron chi connectivity index (χ3n) is 3.95. The first-order valence-corrected chi connectivity index (χ1v) is 8.85. The van der Waals surface area contributed by atoms with Crippen molar-refractivity contribution >= 4 is 22.9 Å². The number of hydrogen-bond donors (Lipinski definition) is 1. The van der Waals surface area contributed by atoms with E-state index in [4.69, 9.17) is 0 Å². The van der Waals surface area contributed by atoms with Crippen LogP contribution in [0.25, 0.3) is 5.65 Å². The highest BCUT2D eigenvalue weighted by Gasteiger charge is 2.23. The predicted molar refractivity (Wildman–Crippen MR) is 94.5 cm³/mol. The second kappa shape index (κ2) is 6.32. The van der Waals surface area contributed by atoms with E-state index in [9.17, 15) is 4.79 Å². The molecule has 0 bridgehead atoms. The summed E-state index contributed by atoms with van der Waals surface area (Å²) in [6, 6.07) is 1.85. The minimum Gasteiger partial charge on any atom is -0.343 e. The summed E-state index contributed by atoms with van der Waals surface area (Å²) in [6.45, 7) is 9.72. The molecular weight excluding hydrogens is 322 g/mol. The van der Waals surface area contributed by atoms with Crippen LogP contribution >= 0.6 is 11.3 Å². The van der Waals surface area contributed by atoms with Crippen LogP contribution < -0.4 is 5.32 Å². The summed E-state index contributed by atoms with van der Waals surface area (Å²) < 4.78 is 1.73. The van der Waals surface area contributed by atoms with Crippen molar-refractivity contribution in [3.8, 4) is 0 Å². The fourth-order valence-corrected chi connectivity index (χ4v) is 3.72. The van der Waals surface area contributed by atoms with E-state index >= 15 is 0 Å². The van der Waals surface area contributed by atoms with Crippen molar-refractivity contribution in [2.45, 2.75) is 47.1 Å². The Morgan fingerprint density at radius 1 is 1.25 bits per heavy atom. The number of amides is 1. The molecule has 0 aliphatic heterocycles. The Bertz CT molecular complexity index is 911. The Kier molecular flexibility index (Phi) is 4.36. The molecule has 1 atom stereocenters. The second-order valence-electron chi connectivity index (χ2n) is 6.00. The fraction of sp³-hybridized carbons (Fsp3) is 0.412. The van der Waals surface area contributed by atoms with Crippen LogP contribution in [0.2, 0.25) is 0 Å². The highest BCUT2D eigenvalue weighted by Crippen LogP contribution is 2.23. The molecule has 0 saturated carbocycles. The van der Waals surface area contributed by atoms with Crippen LogP contribution in [0.5, 0.6) is 0 Å². The van der Waals surface area contributed by atoms with Gasteiger partial charge in [0, 0.05) is 22.5 Å². The smallest absolute Gasteiger partial charge is 0.257 e. The molecule has 0 aliphatic rings. The number of nitrogens with one attached hydrogen (secondary N) is 1. The molecule has 0 fully saturated rings. The molecule has 1 N–H and O–H groups in total. The van der Waals surface area contributed by atoms with E-state index in [0.29, 0.717) is 16.9 Å². The maximum atomic E-state index is 12.9. The predicted octanol–water partition coefficient (Wildman–Crippen LogP) is 3.30. The molecule has 3 aromatic heterocycles. The summed E-state index contributed by atoms with van der Waals surface area (Å²) >= 11 is 1.57. The molecule has 7 heteroatoms. The second-order valence-corrected chi connectivity index (χ2v) is 6.89. The van der Waals surface area contributed by atoms with Gasteiger partial charge in [-0.1, -0.05) is 6.92 Å². The molecule has 0 radical (unpaired) electrons. The Labute approximate surface area is 145 Å². The summed E-state index contributed by atoms with van der Waals surface area (Å²) in [5, 5.41) is 10.5. The van der Waals surface area contributed by atoms with E-state index in [0.717, 1.165) is 28.5 Å². The SMILES string of the molecule is CCC(NC(=O)c1c(C)nn2c(C)cc(C)nc12)c1nc(C)cs1. The summed E-state index contributed by atoms with van der Waals surface area (Å²) in [5.41, 5.74) is 4.63. The van der Waals surface area contributed by atoms with E-state index in [2.05, 4.69) is 20.4 Å². The van der Waals surface area contributed by atoms with Crippen LogP contribution in [0.1, 0.15) is 57.5 Å². The molecule has 24 heavy (non-hydrogen) atoms. The van der Waals surface area contributed by atoms with Crippen molar-refractivity contribution in [1.29, 1.82) is 0 Å². The van der Waals surface area contributed by atoms with Gasteiger partial charge in [-0.2, -0.15) is 5.10 Å². The first-order valence-electron chi connectivity index (χ1n) is 7.97. The monoisotopic (exact) mass is 343 g/mol. The van der Waals surface area contributed by atoms with Gasteiger partial charge < -0.3 is 5.32 Å². The van der Waals surface area contributed by atoms with Crippen molar-refractivity contribution in [3.63, 3.8) is 0 Å². The first-order chi connectivity index (χ1) is 11.4. The number of aromatic nitrogens is 4. The minimum absolute atomic E-state index is 0.101. The zero-order chi connectivity index (χ0) is 17.4. The normalized spacial score (nSPS) is 12.5. The number of rotatable bonds is 4. The van der Waals surface area contributed by atoms with E-state index in [1.165, 1.54) is 0 Å². The van der Waals surface area contributed by atoms with E-state index in [1.807, 2.05) is 46.1 Å². The number of fused-ring (bicyclic) bond motifs is 1. The number of carbonyl (C=O) groups excluding carboxylic acids is 1. The van der Waals surface area contributed by atoms with E-state index < -0.39 is 0 Å². The van der Waals surface area contributed by atoms with Crippen LogP contribution in [0.15, 0.2) is 11.4 Å².